The molecule has 3 aromatic rings. The predicted molar refractivity (Wildman–Crippen MR) is 116 cm³/mol. The van der Waals surface area contributed by atoms with Crippen molar-refractivity contribution in [3.8, 4) is 11.3 Å². The highest BCUT2D eigenvalue weighted by Gasteiger charge is 2.58. The number of aromatic amines is 1. The van der Waals surface area contributed by atoms with E-state index in [1.807, 2.05) is 0 Å². The van der Waals surface area contributed by atoms with Crippen molar-refractivity contribution in [2.24, 2.45) is 0 Å². The molecule has 2 atom stereocenters. The van der Waals surface area contributed by atoms with Gasteiger partial charge in [-0.3, -0.25) is 9.64 Å². The number of anilines is 1. The normalized spacial score (nSPS) is 21.4. The van der Waals surface area contributed by atoms with Crippen LogP contribution in [-0.2, 0) is 4.79 Å². The second-order valence-corrected chi connectivity index (χ2v) is 8.72. The molecule has 0 aliphatic heterocycles. The van der Waals surface area contributed by atoms with E-state index in [9.17, 15) is 18.0 Å². The number of pyridine rings is 2. The second-order valence-electron chi connectivity index (χ2n) is 8.72. The number of carbonyl (C=O) groups is 1. The zero-order valence-electron chi connectivity index (χ0n) is 17.6. The molecule has 0 radical (unpaired) electrons. The van der Waals surface area contributed by atoms with Crippen LogP contribution in [0.1, 0.15) is 38.5 Å². The van der Waals surface area contributed by atoms with Crippen molar-refractivity contribution >= 4 is 22.8 Å². The Kier molecular flexibility index (Phi) is 5.19. The van der Waals surface area contributed by atoms with Crippen LogP contribution < -0.4 is 10.6 Å². The van der Waals surface area contributed by atoms with Gasteiger partial charge in [0.05, 0.1) is 6.20 Å². The molecule has 3 aromatic heterocycles. The first-order valence-electron chi connectivity index (χ1n) is 10.8. The number of nitrogens with one attached hydrogen (secondary N) is 3. The van der Waals surface area contributed by atoms with E-state index in [4.69, 9.17) is 6.57 Å². The zero-order chi connectivity index (χ0) is 23.2. The Balaban J connectivity index is 1.36. The monoisotopic (exact) mass is 454 g/mol. The lowest BCUT2D eigenvalue weighted by atomic mass is 9.90. The quantitative estimate of drug-likeness (QED) is 0.501. The van der Waals surface area contributed by atoms with Crippen LogP contribution in [0.3, 0.4) is 0 Å². The molecule has 1 amide bonds. The van der Waals surface area contributed by atoms with Crippen LogP contribution in [0.25, 0.3) is 27.1 Å². The number of aromatic nitrogens is 3. The average molecular weight is 454 g/mol. The summed E-state index contributed by atoms with van der Waals surface area (Å²) in [5.74, 6) is -2.63. The van der Waals surface area contributed by atoms with Gasteiger partial charge in [0.15, 0.2) is 17.5 Å². The number of nitrogens with zero attached hydrogens (tertiary/aromatic N) is 3. The first-order chi connectivity index (χ1) is 15.9. The molecule has 2 aliphatic carbocycles. The standard InChI is InChI=1S/C23H21F3N6O/c1-27-23(5-6-23)22(33)31-14-4-2-3-13(8-14)30-21-18(26)9-17(25)19(32-21)16-11-29-20-15(16)7-12(24)10-28-20/h7,9-11,13-14H,2-6,8H2,(H,28,29)(H,30,32)(H,31,33)/t13?,14-/m1/s1. The van der Waals surface area contributed by atoms with Gasteiger partial charge >= 0.3 is 11.4 Å². The van der Waals surface area contributed by atoms with Gasteiger partial charge in [-0.15, -0.1) is 0 Å². The fourth-order valence-electron chi connectivity index (χ4n) is 4.40. The summed E-state index contributed by atoms with van der Waals surface area (Å²) in [5, 5.41) is 6.34. The van der Waals surface area contributed by atoms with Gasteiger partial charge in [0.25, 0.3) is 0 Å². The SMILES string of the molecule is [C-]#[N+]C1(C(=O)N[C@@H]2CCCC(Nc3nc(-c4c[nH]c5ncc(F)cc45)c(F)cc3F)C2)CC1. The lowest BCUT2D eigenvalue weighted by Crippen LogP contribution is -2.45. The Morgan fingerprint density at radius 1 is 1.18 bits per heavy atom. The van der Waals surface area contributed by atoms with Gasteiger partial charge in [-0.05, 0) is 31.7 Å². The summed E-state index contributed by atoms with van der Waals surface area (Å²) >= 11 is 0. The Hall–Kier alpha value is -3.61. The number of hydrogen-bond acceptors (Lipinski definition) is 4. The van der Waals surface area contributed by atoms with E-state index in [2.05, 4.69) is 30.4 Å². The lowest BCUT2D eigenvalue weighted by Gasteiger charge is -2.31. The van der Waals surface area contributed by atoms with Crippen LogP contribution in [-0.4, -0.2) is 38.5 Å². The van der Waals surface area contributed by atoms with E-state index in [0.717, 1.165) is 31.5 Å². The predicted octanol–water partition coefficient (Wildman–Crippen LogP) is 4.33. The molecular formula is C23H21F3N6O. The molecule has 1 unspecified atom stereocenters. The number of carbonyl (C=O) groups excluding carboxylic acids is 1. The highest BCUT2D eigenvalue weighted by Crippen LogP contribution is 2.40. The molecule has 10 heteroatoms. The highest BCUT2D eigenvalue weighted by molar-refractivity contribution is 5.93. The lowest BCUT2D eigenvalue weighted by molar-refractivity contribution is -0.123. The maximum atomic E-state index is 14.6. The van der Waals surface area contributed by atoms with Crippen molar-refractivity contribution in [1.82, 2.24) is 20.3 Å². The number of amides is 1. The van der Waals surface area contributed by atoms with Crippen molar-refractivity contribution in [1.29, 1.82) is 0 Å². The smallest absolute Gasteiger partial charge is 0.309 e. The Morgan fingerprint density at radius 3 is 2.73 bits per heavy atom. The summed E-state index contributed by atoms with van der Waals surface area (Å²) in [4.78, 5) is 26.8. The van der Waals surface area contributed by atoms with E-state index in [1.54, 1.807) is 0 Å². The van der Waals surface area contributed by atoms with E-state index in [0.29, 0.717) is 30.3 Å². The van der Waals surface area contributed by atoms with Crippen LogP contribution >= 0.6 is 0 Å². The first kappa shape index (κ1) is 21.2. The first-order valence-corrected chi connectivity index (χ1v) is 10.8. The second kappa shape index (κ2) is 8.06. The summed E-state index contributed by atoms with van der Waals surface area (Å²) in [5.41, 5.74) is -0.385. The van der Waals surface area contributed by atoms with Gasteiger partial charge < -0.3 is 15.6 Å². The minimum absolute atomic E-state index is 0.109. The molecule has 0 aromatic carbocycles. The number of fused-ring (bicyclic) bond motifs is 1. The highest BCUT2D eigenvalue weighted by atomic mass is 19.1. The van der Waals surface area contributed by atoms with Crippen molar-refractivity contribution in [3.63, 3.8) is 0 Å². The van der Waals surface area contributed by atoms with Crippen LogP contribution in [0, 0.1) is 24.0 Å². The molecule has 2 saturated carbocycles. The Morgan fingerprint density at radius 2 is 1.97 bits per heavy atom. The summed E-state index contributed by atoms with van der Waals surface area (Å²) in [6, 6.07) is 1.66. The van der Waals surface area contributed by atoms with Gasteiger partial charge in [-0.2, -0.15) is 0 Å². The van der Waals surface area contributed by atoms with Gasteiger partial charge in [0.1, 0.15) is 17.2 Å². The molecule has 33 heavy (non-hydrogen) atoms. The number of halogens is 3. The fraction of sp³-hybridized carbons (Fsp3) is 0.391. The van der Waals surface area contributed by atoms with E-state index in [1.165, 1.54) is 12.3 Å². The van der Waals surface area contributed by atoms with Crippen LogP contribution in [0.4, 0.5) is 19.0 Å². The third-order valence-corrected chi connectivity index (χ3v) is 6.39. The van der Waals surface area contributed by atoms with Gasteiger partial charge in [-0.1, -0.05) is 0 Å². The Bertz CT molecular complexity index is 1280. The largest absolute Gasteiger partial charge is 0.365 e. The number of hydrogen-bond donors (Lipinski definition) is 3. The molecule has 7 nitrogen and oxygen atoms in total. The summed E-state index contributed by atoms with van der Waals surface area (Å²) < 4.78 is 42.9. The molecule has 2 fully saturated rings. The van der Waals surface area contributed by atoms with Gasteiger partial charge in [0, 0.05) is 48.1 Å². The topological polar surface area (TPSA) is 87.1 Å². The van der Waals surface area contributed by atoms with Gasteiger partial charge in [0.2, 0.25) is 0 Å². The maximum absolute atomic E-state index is 14.6. The summed E-state index contributed by atoms with van der Waals surface area (Å²) in [7, 11) is 0. The molecule has 3 heterocycles. The van der Waals surface area contributed by atoms with Crippen LogP contribution in [0.15, 0.2) is 24.5 Å². The third kappa shape index (κ3) is 3.99. The van der Waals surface area contributed by atoms with Crippen molar-refractivity contribution in [2.45, 2.75) is 56.1 Å². The molecule has 3 N–H and O–H groups in total. The molecule has 0 bridgehead atoms. The molecule has 5 rings (SSSR count). The van der Waals surface area contributed by atoms with Crippen molar-refractivity contribution < 1.29 is 18.0 Å². The molecule has 0 saturated heterocycles. The van der Waals surface area contributed by atoms with E-state index < -0.39 is 23.0 Å². The third-order valence-electron chi connectivity index (χ3n) is 6.39. The molecule has 170 valence electrons. The summed E-state index contributed by atoms with van der Waals surface area (Å²) in [6.45, 7) is 7.23. The maximum Gasteiger partial charge on any atom is 0.309 e. The minimum Gasteiger partial charge on any atom is -0.365 e. The zero-order valence-corrected chi connectivity index (χ0v) is 17.6. The van der Waals surface area contributed by atoms with E-state index in [-0.39, 0.29) is 35.1 Å². The Labute approximate surface area is 187 Å². The van der Waals surface area contributed by atoms with E-state index >= 15 is 0 Å². The van der Waals surface area contributed by atoms with Crippen LogP contribution in [0.5, 0.6) is 0 Å². The van der Waals surface area contributed by atoms with Crippen LogP contribution in [0.2, 0.25) is 0 Å². The number of rotatable bonds is 5. The van der Waals surface area contributed by atoms with Gasteiger partial charge in [-0.25, -0.2) is 29.7 Å². The summed E-state index contributed by atoms with van der Waals surface area (Å²) in [6.07, 6.45) is 6.52. The fourth-order valence-corrected chi connectivity index (χ4v) is 4.40. The molecular weight excluding hydrogens is 433 g/mol. The van der Waals surface area contributed by atoms with Crippen molar-refractivity contribution in [3.05, 3.63) is 53.4 Å². The van der Waals surface area contributed by atoms with Crippen molar-refractivity contribution in [2.75, 3.05) is 5.32 Å². The molecule has 2 aliphatic rings. The molecule has 0 spiro atoms. The number of H-pyrrole nitrogens is 1. The minimum atomic E-state index is -0.909. The average Bonchev–Trinajstić information content (AvgIpc) is 3.50.